The van der Waals surface area contributed by atoms with Crippen molar-refractivity contribution in [3.63, 3.8) is 0 Å². The van der Waals surface area contributed by atoms with Gasteiger partial charge in [0.05, 0.1) is 18.8 Å². The Morgan fingerprint density at radius 3 is 2.56 bits per heavy atom. The molecule has 0 saturated carbocycles. The van der Waals surface area contributed by atoms with E-state index < -0.39 is 0 Å². The first-order valence-corrected chi connectivity index (χ1v) is 6.48. The molecular weight excluding hydrogens is 246 g/mol. The molecule has 0 spiro atoms. The lowest BCUT2D eigenvalue weighted by Crippen LogP contribution is -2.60. The maximum atomic E-state index is 6.44. The van der Waals surface area contributed by atoms with Gasteiger partial charge in [-0.3, -0.25) is 0 Å². The smallest absolute Gasteiger partial charge is 0.0852 e. The third-order valence-corrected chi connectivity index (χ3v) is 4.52. The quantitative estimate of drug-likeness (QED) is 0.816. The van der Waals surface area contributed by atoms with Crippen molar-refractivity contribution in [1.82, 2.24) is 0 Å². The molecule has 1 aliphatic heterocycles. The van der Waals surface area contributed by atoms with Gasteiger partial charge < -0.3 is 10.5 Å². The number of benzene rings is 1. The van der Waals surface area contributed by atoms with Crippen molar-refractivity contribution < 1.29 is 4.74 Å². The summed E-state index contributed by atoms with van der Waals surface area (Å²) < 4.78 is 5.33. The Balaban J connectivity index is 0.000001000. The molecule has 1 aromatic carbocycles. The van der Waals surface area contributed by atoms with E-state index in [4.69, 9.17) is 10.5 Å². The Morgan fingerprint density at radius 1 is 1.06 bits per heavy atom. The summed E-state index contributed by atoms with van der Waals surface area (Å²) in [7, 11) is 0. The zero-order valence-electron chi connectivity index (χ0n) is 10.4. The molecule has 0 radical (unpaired) electrons. The number of hydrogen-bond acceptors (Lipinski definition) is 2. The van der Waals surface area contributed by atoms with Crippen LogP contribution in [0.5, 0.6) is 0 Å². The summed E-state index contributed by atoms with van der Waals surface area (Å²) in [4.78, 5) is 0. The van der Waals surface area contributed by atoms with Gasteiger partial charge in [-0.05, 0) is 47.3 Å². The van der Waals surface area contributed by atoms with E-state index in [1.807, 2.05) is 0 Å². The van der Waals surface area contributed by atoms with E-state index in [-0.39, 0.29) is 17.9 Å². The fraction of sp³-hybridized carbons (Fsp3) is 0.467. The largest absolute Gasteiger partial charge is 0.377 e. The van der Waals surface area contributed by atoms with Gasteiger partial charge in [0.15, 0.2) is 0 Å². The van der Waals surface area contributed by atoms with Gasteiger partial charge in [-0.25, -0.2) is 0 Å². The maximum Gasteiger partial charge on any atom is 0.0852 e. The SMILES string of the molecule is Cl.NC1(C2=c3cccc4c3=C(CC2)CC4)COC1. The molecule has 2 nitrogen and oxygen atoms in total. The van der Waals surface area contributed by atoms with E-state index in [0.29, 0.717) is 13.2 Å². The van der Waals surface area contributed by atoms with Crippen LogP contribution in [0.3, 0.4) is 0 Å². The van der Waals surface area contributed by atoms with Crippen molar-refractivity contribution in [1.29, 1.82) is 0 Å². The predicted molar refractivity (Wildman–Crippen MR) is 75.0 cm³/mol. The highest BCUT2D eigenvalue weighted by Crippen LogP contribution is 2.31. The normalized spacial score (nSPS) is 23.2. The molecular formula is C15H18ClNO. The molecule has 3 aliphatic rings. The van der Waals surface area contributed by atoms with Gasteiger partial charge in [0, 0.05) is 0 Å². The highest BCUT2D eigenvalue weighted by Gasteiger charge is 2.39. The highest BCUT2D eigenvalue weighted by molar-refractivity contribution is 5.85. The van der Waals surface area contributed by atoms with Crippen LogP contribution in [0, 0.1) is 0 Å². The molecule has 18 heavy (non-hydrogen) atoms. The van der Waals surface area contributed by atoms with Crippen molar-refractivity contribution in [3.05, 3.63) is 34.2 Å². The Morgan fingerprint density at radius 2 is 1.83 bits per heavy atom. The summed E-state index contributed by atoms with van der Waals surface area (Å²) in [6, 6.07) is 6.71. The number of ether oxygens (including phenoxy) is 1. The van der Waals surface area contributed by atoms with E-state index in [0.717, 1.165) is 6.42 Å². The lowest BCUT2D eigenvalue weighted by atomic mass is 9.80. The van der Waals surface area contributed by atoms with E-state index >= 15 is 0 Å². The summed E-state index contributed by atoms with van der Waals surface area (Å²) in [5.74, 6) is 0. The topological polar surface area (TPSA) is 35.2 Å². The predicted octanol–water partition coefficient (Wildman–Crippen LogP) is 0.877. The van der Waals surface area contributed by atoms with Crippen LogP contribution in [-0.2, 0) is 11.2 Å². The van der Waals surface area contributed by atoms with Crippen molar-refractivity contribution in [2.75, 3.05) is 13.2 Å². The van der Waals surface area contributed by atoms with Gasteiger partial charge in [0.2, 0.25) is 0 Å². The fourth-order valence-corrected chi connectivity index (χ4v) is 3.56. The molecule has 1 saturated heterocycles. The minimum atomic E-state index is -0.177. The lowest BCUT2D eigenvalue weighted by molar-refractivity contribution is -0.0245. The molecule has 1 heterocycles. The van der Waals surface area contributed by atoms with Crippen LogP contribution in [-0.4, -0.2) is 18.8 Å². The van der Waals surface area contributed by atoms with Gasteiger partial charge in [-0.15, -0.1) is 12.4 Å². The van der Waals surface area contributed by atoms with Gasteiger partial charge in [-0.2, -0.15) is 0 Å². The molecule has 0 amide bonds. The molecule has 0 atom stereocenters. The number of hydrogen-bond donors (Lipinski definition) is 1. The summed E-state index contributed by atoms with van der Waals surface area (Å²) in [5.41, 5.74) is 10.9. The first kappa shape index (κ1) is 12.2. The minimum Gasteiger partial charge on any atom is -0.377 e. The van der Waals surface area contributed by atoms with Gasteiger partial charge in [-0.1, -0.05) is 23.8 Å². The second kappa shape index (κ2) is 4.09. The molecule has 0 aromatic heterocycles. The van der Waals surface area contributed by atoms with Crippen LogP contribution in [0.25, 0.3) is 11.1 Å². The zero-order chi connectivity index (χ0) is 11.5. The number of rotatable bonds is 1. The molecule has 0 unspecified atom stereocenters. The Labute approximate surface area is 113 Å². The molecule has 96 valence electrons. The van der Waals surface area contributed by atoms with Crippen LogP contribution in [0.4, 0.5) is 0 Å². The van der Waals surface area contributed by atoms with E-state index in [1.54, 1.807) is 5.57 Å². The summed E-state index contributed by atoms with van der Waals surface area (Å²) in [6.07, 6.45) is 4.82. The Kier molecular flexibility index (Phi) is 2.77. The monoisotopic (exact) mass is 263 g/mol. The molecule has 1 aromatic rings. The number of nitrogens with two attached hydrogens (primary N) is 1. The summed E-state index contributed by atoms with van der Waals surface area (Å²) >= 11 is 0. The standard InChI is InChI=1S/C15H17NO.ClH/c16-15(8-17-9-15)13-7-6-11-5-4-10-2-1-3-12(13)14(10)11;/h1-3H,4-9,16H2;1H. The van der Waals surface area contributed by atoms with E-state index in [2.05, 4.69) is 18.2 Å². The van der Waals surface area contributed by atoms with Crippen molar-refractivity contribution in [3.8, 4) is 0 Å². The molecule has 2 N–H and O–H groups in total. The van der Waals surface area contributed by atoms with Crippen LogP contribution in [0.15, 0.2) is 18.2 Å². The Bertz CT molecular complexity index is 616. The molecule has 0 bridgehead atoms. The first-order valence-electron chi connectivity index (χ1n) is 6.48. The van der Waals surface area contributed by atoms with E-state index in [1.165, 1.54) is 40.8 Å². The maximum absolute atomic E-state index is 6.44. The first-order chi connectivity index (χ1) is 8.28. The molecule has 4 rings (SSSR count). The van der Waals surface area contributed by atoms with Crippen LogP contribution < -0.4 is 16.2 Å². The molecule has 1 fully saturated rings. The number of aryl methyl sites for hydroxylation is 1. The Hall–Kier alpha value is -0.830. The molecule has 2 aliphatic carbocycles. The zero-order valence-corrected chi connectivity index (χ0v) is 11.2. The second-order valence-electron chi connectivity index (χ2n) is 5.57. The van der Waals surface area contributed by atoms with E-state index in [9.17, 15) is 0 Å². The summed E-state index contributed by atoms with van der Waals surface area (Å²) in [5, 5.41) is 2.96. The van der Waals surface area contributed by atoms with Crippen LogP contribution in [0.1, 0.15) is 24.8 Å². The fourth-order valence-electron chi connectivity index (χ4n) is 3.56. The minimum absolute atomic E-state index is 0. The average Bonchev–Trinajstić information content (AvgIpc) is 2.73. The molecule has 3 heteroatoms. The lowest BCUT2D eigenvalue weighted by Gasteiger charge is -2.41. The van der Waals surface area contributed by atoms with Crippen molar-refractivity contribution >= 4 is 23.6 Å². The van der Waals surface area contributed by atoms with Gasteiger partial charge >= 0.3 is 0 Å². The third kappa shape index (κ3) is 1.49. The van der Waals surface area contributed by atoms with Crippen LogP contribution in [0.2, 0.25) is 0 Å². The third-order valence-electron chi connectivity index (χ3n) is 4.52. The second-order valence-corrected chi connectivity index (χ2v) is 5.57. The summed E-state index contributed by atoms with van der Waals surface area (Å²) in [6.45, 7) is 1.39. The van der Waals surface area contributed by atoms with Crippen LogP contribution >= 0.6 is 12.4 Å². The average molecular weight is 264 g/mol. The van der Waals surface area contributed by atoms with Crippen molar-refractivity contribution in [2.45, 2.75) is 31.2 Å². The van der Waals surface area contributed by atoms with Crippen molar-refractivity contribution in [2.24, 2.45) is 5.73 Å². The van der Waals surface area contributed by atoms with Gasteiger partial charge in [0.1, 0.15) is 0 Å². The van der Waals surface area contributed by atoms with Gasteiger partial charge in [0.25, 0.3) is 0 Å². The highest BCUT2D eigenvalue weighted by atomic mass is 35.5. The number of halogens is 1.